The Morgan fingerprint density at radius 3 is 2.23 bits per heavy atom. The number of nitrogens with one attached hydrogen (secondary N) is 1. The van der Waals surface area contributed by atoms with Gasteiger partial charge in [-0.1, -0.05) is 13.8 Å². The predicted molar refractivity (Wildman–Crippen MR) is 55.2 cm³/mol. The van der Waals surface area contributed by atoms with Gasteiger partial charge in [-0.05, 0) is 12.5 Å². The summed E-state index contributed by atoms with van der Waals surface area (Å²) in [4.78, 5) is 0. The van der Waals surface area contributed by atoms with Crippen molar-refractivity contribution in [2.75, 3.05) is 32.9 Å². The predicted octanol–water partition coefficient (Wildman–Crippen LogP) is 0.123. The molecular formula is C8H20N2O2S. The summed E-state index contributed by atoms with van der Waals surface area (Å²) in [5.41, 5.74) is 0. The summed E-state index contributed by atoms with van der Waals surface area (Å²) < 4.78 is 23.8. The first-order chi connectivity index (χ1) is 5.86. The van der Waals surface area contributed by atoms with Crippen molar-refractivity contribution in [2.45, 2.75) is 13.8 Å². The van der Waals surface area contributed by atoms with Crippen LogP contribution in [-0.2, 0) is 10.0 Å². The summed E-state index contributed by atoms with van der Waals surface area (Å²) in [5.74, 6) is 0.731. The lowest BCUT2D eigenvalue weighted by Gasteiger charge is -2.12. The topological polar surface area (TPSA) is 49.4 Å². The smallest absolute Gasteiger partial charge is 0.214 e. The molecule has 0 aromatic carbocycles. The van der Waals surface area contributed by atoms with E-state index in [2.05, 4.69) is 19.2 Å². The van der Waals surface area contributed by atoms with Crippen LogP contribution in [0.15, 0.2) is 0 Å². The van der Waals surface area contributed by atoms with Crippen LogP contribution in [0.1, 0.15) is 13.8 Å². The highest BCUT2D eigenvalue weighted by Gasteiger charge is 2.12. The fraction of sp³-hybridized carbons (Fsp3) is 1.00. The average Bonchev–Trinajstić information content (AvgIpc) is 1.97. The van der Waals surface area contributed by atoms with Crippen molar-refractivity contribution in [1.29, 1.82) is 0 Å². The minimum atomic E-state index is -3.03. The molecule has 5 heteroatoms. The largest absolute Gasteiger partial charge is 0.315 e. The van der Waals surface area contributed by atoms with E-state index in [1.807, 2.05) is 0 Å². The summed E-state index contributed by atoms with van der Waals surface area (Å²) >= 11 is 0. The third kappa shape index (κ3) is 6.01. The molecule has 0 radical (unpaired) electrons. The van der Waals surface area contributed by atoms with Gasteiger partial charge in [0.2, 0.25) is 10.0 Å². The molecule has 0 heterocycles. The minimum Gasteiger partial charge on any atom is -0.315 e. The molecule has 0 aliphatic heterocycles. The van der Waals surface area contributed by atoms with E-state index in [1.54, 1.807) is 14.1 Å². The summed E-state index contributed by atoms with van der Waals surface area (Å²) in [5, 5.41) is 3.09. The molecule has 0 saturated carbocycles. The van der Waals surface area contributed by atoms with Crippen LogP contribution in [-0.4, -0.2) is 45.7 Å². The normalized spacial score (nSPS) is 12.8. The van der Waals surface area contributed by atoms with Crippen LogP contribution in [0.3, 0.4) is 0 Å². The zero-order valence-electron chi connectivity index (χ0n) is 8.87. The second kappa shape index (κ2) is 5.57. The molecule has 0 aliphatic carbocycles. The van der Waals surface area contributed by atoms with E-state index >= 15 is 0 Å². The van der Waals surface area contributed by atoms with Crippen LogP contribution in [0.5, 0.6) is 0 Å². The highest BCUT2D eigenvalue weighted by atomic mass is 32.2. The lowest BCUT2D eigenvalue weighted by Crippen LogP contribution is -2.32. The summed E-state index contributed by atoms with van der Waals surface area (Å²) in [7, 11) is 0.0814. The molecule has 80 valence electrons. The molecule has 0 saturated heterocycles. The van der Waals surface area contributed by atoms with Crippen molar-refractivity contribution < 1.29 is 8.42 Å². The molecule has 13 heavy (non-hydrogen) atoms. The van der Waals surface area contributed by atoms with Crippen molar-refractivity contribution in [2.24, 2.45) is 5.92 Å². The molecule has 0 amide bonds. The fourth-order valence-electron chi connectivity index (χ4n) is 0.774. The van der Waals surface area contributed by atoms with E-state index in [1.165, 1.54) is 4.31 Å². The monoisotopic (exact) mass is 208 g/mol. The summed E-state index contributed by atoms with van der Waals surface area (Å²) in [6, 6.07) is 0. The third-order valence-corrected chi connectivity index (χ3v) is 3.48. The minimum absolute atomic E-state index is 0.173. The van der Waals surface area contributed by atoms with Gasteiger partial charge in [0.15, 0.2) is 0 Å². The molecule has 0 bridgehead atoms. The average molecular weight is 208 g/mol. The molecule has 0 aliphatic rings. The van der Waals surface area contributed by atoms with Crippen LogP contribution < -0.4 is 5.32 Å². The lowest BCUT2D eigenvalue weighted by atomic mass is 10.2. The Morgan fingerprint density at radius 2 is 1.85 bits per heavy atom. The zero-order chi connectivity index (χ0) is 10.5. The zero-order valence-corrected chi connectivity index (χ0v) is 9.69. The Labute approximate surface area is 81.4 Å². The summed E-state index contributed by atoms with van der Waals surface area (Å²) in [6.45, 7) is 5.57. The van der Waals surface area contributed by atoms with Gasteiger partial charge in [0.25, 0.3) is 0 Å². The number of rotatable bonds is 6. The second-order valence-electron chi connectivity index (χ2n) is 3.70. The highest BCUT2D eigenvalue weighted by Crippen LogP contribution is 1.93. The molecule has 4 nitrogen and oxygen atoms in total. The van der Waals surface area contributed by atoms with E-state index in [0.29, 0.717) is 12.5 Å². The molecule has 1 N–H and O–H groups in total. The van der Waals surface area contributed by atoms with Crippen LogP contribution in [0, 0.1) is 5.92 Å². The first-order valence-electron chi connectivity index (χ1n) is 4.47. The quantitative estimate of drug-likeness (QED) is 0.631. The molecule has 0 atom stereocenters. The Balaban J connectivity index is 3.66. The van der Waals surface area contributed by atoms with Gasteiger partial charge in [0.05, 0.1) is 5.75 Å². The van der Waals surface area contributed by atoms with Gasteiger partial charge in [-0.25, -0.2) is 12.7 Å². The SMILES string of the molecule is CC(C)CNCCS(=O)(=O)N(C)C. The van der Waals surface area contributed by atoms with Gasteiger partial charge < -0.3 is 5.32 Å². The van der Waals surface area contributed by atoms with E-state index in [4.69, 9.17) is 0 Å². The van der Waals surface area contributed by atoms with Gasteiger partial charge in [-0.2, -0.15) is 0 Å². The molecule has 0 spiro atoms. The first-order valence-corrected chi connectivity index (χ1v) is 6.08. The van der Waals surface area contributed by atoms with Crippen molar-refractivity contribution in [1.82, 2.24) is 9.62 Å². The number of sulfonamides is 1. The number of hydrogen-bond donors (Lipinski definition) is 1. The molecular weight excluding hydrogens is 188 g/mol. The lowest BCUT2D eigenvalue weighted by molar-refractivity contribution is 0.512. The highest BCUT2D eigenvalue weighted by molar-refractivity contribution is 7.89. The Hall–Kier alpha value is -0.130. The number of hydrogen-bond acceptors (Lipinski definition) is 3. The van der Waals surface area contributed by atoms with Crippen LogP contribution >= 0.6 is 0 Å². The Bertz CT molecular complexity index is 222. The van der Waals surface area contributed by atoms with Crippen LogP contribution in [0.25, 0.3) is 0 Å². The van der Waals surface area contributed by atoms with Crippen molar-refractivity contribution >= 4 is 10.0 Å². The van der Waals surface area contributed by atoms with Gasteiger partial charge in [-0.15, -0.1) is 0 Å². The summed E-state index contributed by atoms with van der Waals surface area (Å²) in [6.07, 6.45) is 0. The third-order valence-electron chi connectivity index (χ3n) is 1.65. The van der Waals surface area contributed by atoms with E-state index in [-0.39, 0.29) is 5.75 Å². The van der Waals surface area contributed by atoms with E-state index < -0.39 is 10.0 Å². The van der Waals surface area contributed by atoms with Gasteiger partial charge in [-0.3, -0.25) is 0 Å². The first kappa shape index (κ1) is 12.9. The fourth-order valence-corrected chi connectivity index (χ4v) is 1.54. The van der Waals surface area contributed by atoms with Crippen LogP contribution in [0.2, 0.25) is 0 Å². The Kier molecular flexibility index (Phi) is 5.51. The molecule has 0 fully saturated rings. The number of nitrogens with zero attached hydrogens (tertiary/aromatic N) is 1. The maximum Gasteiger partial charge on any atom is 0.214 e. The van der Waals surface area contributed by atoms with E-state index in [0.717, 1.165) is 6.54 Å². The maximum atomic E-state index is 11.3. The van der Waals surface area contributed by atoms with Crippen molar-refractivity contribution in [3.05, 3.63) is 0 Å². The van der Waals surface area contributed by atoms with Gasteiger partial charge >= 0.3 is 0 Å². The second-order valence-corrected chi connectivity index (χ2v) is 6.00. The molecule has 0 aromatic rings. The molecule has 0 rings (SSSR count). The molecule has 0 unspecified atom stereocenters. The van der Waals surface area contributed by atoms with E-state index in [9.17, 15) is 8.42 Å². The van der Waals surface area contributed by atoms with Crippen molar-refractivity contribution in [3.63, 3.8) is 0 Å². The maximum absolute atomic E-state index is 11.3. The standard InChI is InChI=1S/C8H20N2O2S/c1-8(2)7-9-5-6-13(11,12)10(3)4/h8-9H,5-7H2,1-4H3. The van der Waals surface area contributed by atoms with Crippen molar-refractivity contribution in [3.8, 4) is 0 Å². The van der Waals surface area contributed by atoms with Crippen LogP contribution in [0.4, 0.5) is 0 Å². The molecule has 0 aromatic heterocycles. The Morgan fingerprint density at radius 1 is 1.31 bits per heavy atom. The van der Waals surface area contributed by atoms with Gasteiger partial charge in [0.1, 0.15) is 0 Å². The van der Waals surface area contributed by atoms with Gasteiger partial charge in [0, 0.05) is 20.6 Å².